The summed E-state index contributed by atoms with van der Waals surface area (Å²) < 4.78 is 4.40. The Kier molecular flexibility index (Phi) is 7.98. The Balaban J connectivity index is 0.000000346. The Morgan fingerprint density at radius 2 is 1.50 bits per heavy atom. The van der Waals surface area contributed by atoms with E-state index in [2.05, 4.69) is 4.74 Å². The number of ether oxygens (including phenoxy) is 1. The van der Waals surface area contributed by atoms with Crippen LogP contribution in [0.3, 0.4) is 0 Å². The first kappa shape index (κ1) is 17.4. The van der Waals surface area contributed by atoms with Gasteiger partial charge in [0.1, 0.15) is 0 Å². The smallest absolute Gasteiger partial charge is 0.302 e. The van der Waals surface area contributed by atoms with Crippen molar-refractivity contribution in [2.24, 2.45) is 0 Å². The summed E-state index contributed by atoms with van der Waals surface area (Å²) in [5.74, 6) is -0.179. The lowest BCUT2D eigenvalue weighted by molar-refractivity contribution is -0.140. The van der Waals surface area contributed by atoms with Gasteiger partial charge in [0, 0.05) is 12.5 Å². The van der Waals surface area contributed by atoms with Crippen molar-refractivity contribution in [1.29, 1.82) is 0 Å². The molecule has 0 saturated heterocycles. The molecule has 0 spiro atoms. The van der Waals surface area contributed by atoms with Gasteiger partial charge >= 0.3 is 5.97 Å². The van der Waals surface area contributed by atoms with Crippen LogP contribution in [0.15, 0.2) is 66.7 Å². The first-order chi connectivity index (χ1) is 10.6. The van der Waals surface area contributed by atoms with Gasteiger partial charge in [0.25, 0.3) is 0 Å². The fraction of sp³-hybridized carbons (Fsp3) is 0.158. The lowest BCUT2D eigenvalue weighted by Crippen LogP contribution is -1.95. The van der Waals surface area contributed by atoms with E-state index in [1.165, 1.54) is 6.92 Å². The second kappa shape index (κ2) is 10.1. The van der Waals surface area contributed by atoms with Crippen molar-refractivity contribution >= 4 is 17.8 Å². The number of carbonyl (C=O) groups excluding carboxylic acids is 2. The number of allylic oxidation sites excluding steroid dienone is 1. The minimum Gasteiger partial charge on any atom is -0.466 e. The van der Waals surface area contributed by atoms with Crippen LogP contribution in [0.2, 0.25) is 0 Å². The van der Waals surface area contributed by atoms with Crippen LogP contribution in [0, 0.1) is 0 Å². The first-order valence-electron chi connectivity index (χ1n) is 7.09. The summed E-state index contributed by atoms with van der Waals surface area (Å²) in [6.45, 7) is 3.65. The van der Waals surface area contributed by atoms with Gasteiger partial charge in [-0.1, -0.05) is 66.7 Å². The van der Waals surface area contributed by atoms with Gasteiger partial charge in [0.15, 0.2) is 5.78 Å². The van der Waals surface area contributed by atoms with Crippen LogP contribution in [0.25, 0.3) is 6.08 Å². The molecular formula is C19H20O3. The number of ketones is 1. The molecule has 0 radical (unpaired) electrons. The second-order valence-electron chi connectivity index (χ2n) is 4.40. The van der Waals surface area contributed by atoms with E-state index in [0.717, 1.165) is 11.1 Å². The van der Waals surface area contributed by atoms with Gasteiger partial charge in [-0.2, -0.15) is 0 Å². The van der Waals surface area contributed by atoms with Crippen molar-refractivity contribution < 1.29 is 14.3 Å². The Morgan fingerprint density at radius 1 is 0.955 bits per heavy atom. The third-order valence-corrected chi connectivity index (χ3v) is 2.63. The highest BCUT2D eigenvalue weighted by atomic mass is 16.5. The maximum absolute atomic E-state index is 11.7. The molecular weight excluding hydrogens is 276 g/mol. The quantitative estimate of drug-likeness (QED) is 0.483. The third kappa shape index (κ3) is 7.20. The van der Waals surface area contributed by atoms with Crippen LogP contribution in [0.1, 0.15) is 29.8 Å². The minimum atomic E-state index is -0.211. The number of esters is 1. The van der Waals surface area contributed by atoms with Crippen LogP contribution in [-0.4, -0.2) is 18.4 Å². The maximum Gasteiger partial charge on any atom is 0.302 e. The van der Waals surface area contributed by atoms with Crippen molar-refractivity contribution in [3.63, 3.8) is 0 Å². The van der Waals surface area contributed by atoms with Gasteiger partial charge in [0.05, 0.1) is 6.61 Å². The number of hydrogen-bond donors (Lipinski definition) is 0. The molecule has 3 nitrogen and oxygen atoms in total. The summed E-state index contributed by atoms with van der Waals surface area (Å²) in [5, 5.41) is 0. The van der Waals surface area contributed by atoms with Crippen molar-refractivity contribution in [2.75, 3.05) is 6.61 Å². The topological polar surface area (TPSA) is 43.4 Å². The molecule has 0 aliphatic heterocycles. The molecule has 0 heterocycles. The molecule has 2 aromatic rings. The van der Waals surface area contributed by atoms with E-state index in [0.29, 0.717) is 6.61 Å². The Morgan fingerprint density at radius 3 is 1.95 bits per heavy atom. The highest BCUT2D eigenvalue weighted by Gasteiger charge is 1.98. The van der Waals surface area contributed by atoms with E-state index in [1.807, 2.05) is 66.7 Å². The standard InChI is InChI=1S/C15H12O.C4H8O2/c16-15(14-9-5-2-6-10-14)12-11-13-7-3-1-4-8-13;1-3-6-4(2)5/h1-12H;3H2,1-2H3. The van der Waals surface area contributed by atoms with Crippen LogP contribution < -0.4 is 0 Å². The normalized spacial score (nSPS) is 9.73. The summed E-state index contributed by atoms with van der Waals surface area (Å²) in [6, 6.07) is 19.1. The van der Waals surface area contributed by atoms with Gasteiger partial charge in [-0.25, -0.2) is 0 Å². The van der Waals surface area contributed by atoms with Crippen LogP contribution in [-0.2, 0) is 9.53 Å². The van der Waals surface area contributed by atoms with Crippen molar-refractivity contribution in [2.45, 2.75) is 13.8 Å². The molecule has 2 aromatic carbocycles. The molecule has 3 heteroatoms. The molecule has 0 aliphatic carbocycles. The van der Waals surface area contributed by atoms with E-state index in [9.17, 15) is 9.59 Å². The van der Waals surface area contributed by atoms with Crippen LogP contribution in [0.4, 0.5) is 0 Å². The van der Waals surface area contributed by atoms with Gasteiger partial charge in [0.2, 0.25) is 0 Å². The van der Waals surface area contributed by atoms with E-state index in [1.54, 1.807) is 13.0 Å². The van der Waals surface area contributed by atoms with E-state index in [4.69, 9.17) is 0 Å². The summed E-state index contributed by atoms with van der Waals surface area (Å²) in [7, 11) is 0. The number of rotatable bonds is 4. The highest BCUT2D eigenvalue weighted by Crippen LogP contribution is 2.05. The van der Waals surface area contributed by atoms with Crippen molar-refractivity contribution in [1.82, 2.24) is 0 Å². The lowest BCUT2D eigenvalue weighted by atomic mass is 10.1. The Labute approximate surface area is 131 Å². The average Bonchev–Trinajstić information content (AvgIpc) is 2.55. The predicted octanol–water partition coefficient (Wildman–Crippen LogP) is 4.15. The van der Waals surface area contributed by atoms with Gasteiger partial charge in [-0.15, -0.1) is 0 Å². The van der Waals surface area contributed by atoms with E-state index < -0.39 is 0 Å². The van der Waals surface area contributed by atoms with Gasteiger partial charge < -0.3 is 4.74 Å². The van der Waals surface area contributed by atoms with Crippen LogP contribution in [0.5, 0.6) is 0 Å². The molecule has 0 aromatic heterocycles. The molecule has 0 saturated carbocycles. The molecule has 114 valence electrons. The third-order valence-electron chi connectivity index (χ3n) is 2.63. The molecule has 2 rings (SSSR count). The Bertz CT molecular complexity index is 601. The summed E-state index contributed by atoms with van der Waals surface area (Å²) in [6.07, 6.45) is 3.43. The monoisotopic (exact) mass is 296 g/mol. The molecule has 0 amide bonds. The predicted molar refractivity (Wildman–Crippen MR) is 88.6 cm³/mol. The summed E-state index contributed by atoms with van der Waals surface area (Å²) in [4.78, 5) is 21.6. The lowest BCUT2D eigenvalue weighted by Gasteiger charge is -1.94. The highest BCUT2D eigenvalue weighted by molar-refractivity contribution is 6.06. The molecule has 22 heavy (non-hydrogen) atoms. The fourth-order valence-electron chi connectivity index (χ4n) is 1.64. The van der Waals surface area contributed by atoms with E-state index >= 15 is 0 Å². The molecule has 0 bridgehead atoms. The zero-order chi connectivity index (χ0) is 16.2. The molecule has 0 N–H and O–H groups in total. The average molecular weight is 296 g/mol. The van der Waals surface area contributed by atoms with Gasteiger partial charge in [-0.3, -0.25) is 9.59 Å². The van der Waals surface area contributed by atoms with Crippen molar-refractivity contribution in [3.05, 3.63) is 77.9 Å². The van der Waals surface area contributed by atoms with Crippen LogP contribution >= 0.6 is 0 Å². The van der Waals surface area contributed by atoms with Crippen molar-refractivity contribution in [3.8, 4) is 0 Å². The number of benzene rings is 2. The second-order valence-corrected chi connectivity index (χ2v) is 4.40. The molecule has 0 unspecified atom stereocenters. The fourth-order valence-corrected chi connectivity index (χ4v) is 1.64. The molecule has 0 atom stereocenters. The number of carbonyl (C=O) groups is 2. The SMILES string of the molecule is CCOC(C)=O.O=C(C=Cc1ccccc1)c1ccccc1. The summed E-state index contributed by atoms with van der Waals surface area (Å²) in [5.41, 5.74) is 1.75. The zero-order valence-corrected chi connectivity index (χ0v) is 12.9. The zero-order valence-electron chi connectivity index (χ0n) is 12.9. The molecule has 0 aliphatic rings. The Hall–Kier alpha value is -2.68. The van der Waals surface area contributed by atoms with E-state index in [-0.39, 0.29) is 11.8 Å². The summed E-state index contributed by atoms with van der Waals surface area (Å²) >= 11 is 0. The maximum atomic E-state index is 11.7. The minimum absolute atomic E-state index is 0.0319. The first-order valence-corrected chi connectivity index (χ1v) is 7.09. The largest absolute Gasteiger partial charge is 0.466 e. The number of hydrogen-bond acceptors (Lipinski definition) is 3. The van der Waals surface area contributed by atoms with Gasteiger partial charge in [-0.05, 0) is 18.6 Å². The molecule has 0 fully saturated rings.